The van der Waals surface area contributed by atoms with Crippen molar-refractivity contribution >= 4 is 5.69 Å². The zero-order valence-corrected chi connectivity index (χ0v) is 15.3. The molecule has 3 fully saturated rings. The Bertz CT molecular complexity index is 753. The van der Waals surface area contributed by atoms with Crippen LogP contribution in [-0.2, 0) is 14.2 Å². The fourth-order valence-corrected chi connectivity index (χ4v) is 3.89. The van der Waals surface area contributed by atoms with Crippen molar-refractivity contribution in [3.63, 3.8) is 0 Å². The molecule has 4 heterocycles. The number of nitrogens with zero attached hydrogens (tertiary/aromatic N) is 1. The van der Waals surface area contributed by atoms with Gasteiger partial charge in [0.15, 0.2) is 0 Å². The van der Waals surface area contributed by atoms with Crippen molar-refractivity contribution in [1.29, 1.82) is 0 Å². The lowest BCUT2D eigenvalue weighted by Crippen LogP contribution is -2.68. The van der Waals surface area contributed by atoms with Crippen LogP contribution < -0.4 is 10.5 Å². The zero-order chi connectivity index (χ0) is 18.0. The molecule has 26 heavy (non-hydrogen) atoms. The summed E-state index contributed by atoms with van der Waals surface area (Å²) >= 11 is 0. The van der Waals surface area contributed by atoms with Crippen LogP contribution in [0.2, 0.25) is 0 Å². The predicted octanol–water partition coefficient (Wildman–Crippen LogP) is 1.68. The monoisotopic (exact) mass is 358 g/mol. The first kappa shape index (κ1) is 17.6. The van der Waals surface area contributed by atoms with Gasteiger partial charge in [0.05, 0.1) is 32.0 Å². The predicted molar refractivity (Wildman–Crippen MR) is 98.5 cm³/mol. The van der Waals surface area contributed by atoms with Gasteiger partial charge in [-0.3, -0.25) is 4.79 Å². The molecule has 2 atom stereocenters. The van der Waals surface area contributed by atoms with E-state index in [0.29, 0.717) is 32.1 Å². The summed E-state index contributed by atoms with van der Waals surface area (Å²) in [5, 5.41) is 0. The first-order valence-electron chi connectivity index (χ1n) is 9.49. The van der Waals surface area contributed by atoms with Crippen LogP contribution in [0.15, 0.2) is 17.1 Å². The van der Waals surface area contributed by atoms with Crippen molar-refractivity contribution in [2.75, 3.05) is 37.9 Å². The maximum atomic E-state index is 12.4. The summed E-state index contributed by atoms with van der Waals surface area (Å²) in [4.78, 5) is 17.4. The minimum atomic E-state index is -0.287. The van der Waals surface area contributed by atoms with E-state index >= 15 is 0 Å². The highest BCUT2D eigenvalue weighted by Crippen LogP contribution is 2.34. The normalized spacial score (nSPS) is 27.5. The lowest BCUT2D eigenvalue weighted by molar-refractivity contribution is -0.228. The van der Waals surface area contributed by atoms with Crippen molar-refractivity contribution in [3.05, 3.63) is 28.2 Å². The van der Waals surface area contributed by atoms with Crippen LogP contribution in [0.4, 0.5) is 5.69 Å². The molecule has 0 amide bonds. The zero-order valence-electron chi connectivity index (χ0n) is 15.3. The molecule has 3 saturated heterocycles. The third-order valence-corrected chi connectivity index (χ3v) is 5.67. The molecule has 1 spiro atoms. The molecular formula is C20H26N2O4. The fourth-order valence-electron chi connectivity index (χ4n) is 3.89. The standard InChI is InChI=1S/C20H26N2O4/c1-15-20(13-24-14-20)26-10-8-22(15)18-11-16(12-21-19(18)23)5-4-7-17-6-2-3-9-25-17/h11-12,15,17H,2-3,6-10,13-14H2,1H3,(H,21,23). The Balaban J connectivity index is 1.50. The molecule has 3 aliphatic rings. The minimum absolute atomic E-state index is 0.0877. The number of ether oxygens (including phenoxy) is 3. The van der Waals surface area contributed by atoms with Crippen molar-refractivity contribution < 1.29 is 14.2 Å². The smallest absolute Gasteiger partial charge is 0.271 e. The molecule has 0 saturated carbocycles. The molecule has 0 bridgehead atoms. The summed E-state index contributed by atoms with van der Waals surface area (Å²) in [6, 6.07) is 1.98. The fraction of sp³-hybridized carbons (Fsp3) is 0.650. The van der Waals surface area contributed by atoms with Crippen LogP contribution in [0.5, 0.6) is 0 Å². The number of aromatic nitrogens is 1. The molecule has 0 aromatic carbocycles. The molecule has 1 N–H and O–H groups in total. The van der Waals surface area contributed by atoms with Gasteiger partial charge in [0.2, 0.25) is 0 Å². The highest BCUT2D eigenvalue weighted by molar-refractivity contribution is 5.52. The van der Waals surface area contributed by atoms with Crippen molar-refractivity contribution in [1.82, 2.24) is 4.98 Å². The molecule has 0 radical (unpaired) electrons. The van der Waals surface area contributed by atoms with E-state index in [0.717, 1.165) is 31.4 Å². The molecule has 4 rings (SSSR count). The van der Waals surface area contributed by atoms with Crippen molar-refractivity contribution in [3.8, 4) is 11.8 Å². The summed E-state index contributed by atoms with van der Waals surface area (Å²) in [5.74, 6) is 6.39. The van der Waals surface area contributed by atoms with E-state index in [4.69, 9.17) is 14.2 Å². The minimum Gasteiger partial charge on any atom is -0.377 e. The van der Waals surface area contributed by atoms with Gasteiger partial charge in [-0.2, -0.15) is 0 Å². The van der Waals surface area contributed by atoms with Gasteiger partial charge in [0.1, 0.15) is 11.3 Å². The average Bonchev–Trinajstić information content (AvgIpc) is 2.63. The third-order valence-electron chi connectivity index (χ3n) is 5.67. The van der Waals surface area contributed by atoms with Crippen LogP contribution in [0, 0.1) is 11.8 Å². The second kappa shape index (κ2) is 7.43. The Kier molecular flexibility index (Phi) is 5.03. The Labute approximate surface area is 153 Å². The Morgan fingerprint density at radius 2 is 2.23 bits per heavy atom. The molecule has 0 aliphatic carbocycles. The van der Waals surface area contributed by atoms with E-state index in [-0.39, 0.29) is 23.3 Å². The highest BCUT2D eigenvalue weighted by Gasteiger charge is 2.50. The average molecular weight is 358 g/mol. The van der Waals surface area contributed by atoms with E-state index in [2.05, 4.69) is 28.6 Å². The molecule has 3 aliphatic heterocycles. The molecule has 6 heteroatoms. The van der Waals surface area contributed by atoms with E-state index in [1.54, 1.807) is 6.20 Å². The van der Waals surface area contributed by atoms with Gasteiger partial charge < -0.3 is 24.1 Å². The number of pyridine rings is 1. The Hall–Kier alpha value is -1.81. The summed E-state index contributed by atoms with van der Waals surface area (Å²) in [6.07, 6.45) is 6.13. The molecule has 1 aromatic rings. The van der Waals surface area contributed by atoms with Crippen LogP contribution in [0.3, 0.4) is 0 Å². The van der Waals surface area contributed by atoms with Crippen LogP contribution in [-0.4, -0.2) is 55.7 Å². The largest absolute Gasteiger partial charge is 0.377 e. The summed E-state index contributed by atoms with van der Waals surface area (Å²) < 4.78 is 17.0. The van der Waals surface area contributed by atoms with Crippen LogP contribution in [0.1, 0.15) is 38.2 Å². The maximum Gasteiger partial charge on any atom is 0.271 e. The van der Waals surface area contributed by atoms with Gasteiger partial charge in [0, 0.05) is 31.3 Å². The molecular weight excluding hydrogens is 332 g/mol. The van der Waals surface area contributed by atoms with Crippen LogP contribution in [0.25, 0.3) is 0 Å². The number of aromatic amines is 1. The van der Waals surface area contributed by atoms with Gasteiger partial charge in [-0.25, -0.2) is 0 Å². The first-order valence-corrected chi connectivity index (χ1v) is 9.49. The molecule has 2 unspecified atom stereocenters. The molecule has 6 nitrogen and oxygen atoms in total. The Morgan fingerprint density at radius 3 is 2.96 bits per heavy atom. The van der Waals surface area contributed by atoms with E-state index in [1.807, 2.05) is 6.07 Å². The third kappa shape index (κ3) is 3.39. The molecule has 1 aromatic heterocycles. The lowest BCUT2D eigenvalue weighted by atomic mass is 9.90. The number of rotatable bonds is 2. The van der Waals surface area contributed by atoms with Gasteiger partial charge in [-0.1, -0.05) is 11.8 Å². The first-order chi connectivity index (χ1) is 12.7. The SMILES string of the molecule is CC1N(c2cc(C#CCC3CCCCO3)c[nH]c2=O)CCOC12COC2. The number of morpholine rings is 1. The topological polar surface area (TPSA) is 63.8 Å². The van der Waals surface area contributed by atoms with E-state index in [1.165, 1.54) is 6.42 Å². The number of nitrogens with one attached hydrogen (secondary N) is 1. The summed E-state index contributed by atoms with van der Waals surface area (Å²) in [6.45, 7) is 5.41. The highest BCUT2D eigenvalue weighted by atomic mass is 16.6. The van der Waals surface area contributed by atoms with E-state index < -0.39 is 0 Å². The van der Waals surface area contributed by atoms with Crippen molar-refractivity contribution in [2.24, 2.45) is 0 Å². The van der Waals surface area contributed by atoms with Gasteiger partial charge >= 0.3 is 0 Å². The van der Waals surface area contributed by atoms with Gasteiger partial charge in [-0.05, 0) is 32.3 Å². The quantitative estimate of drug-likeness (QED) is 0.815. The number of hydrogen-bond donors (Lipinski definition) is 1. The Morgan fingerprint density at radius 1 is 1.35 bits per heavy atom. The second-order valence-electron chi connectivity index (χ2n) is 7.37. The van der Waals surface area contributed by atoms with Gasteiger partial charge in [0.25, 0.3) is 5.56 Å². The number of hydrogen-bond acceptors (Lipinski definition) is 5. The van der Waals surface area contributed by atoms with Gasteiger partial charge in [-0.15, -0.1) is 0 Å². The van der Waals surface area contributed by atoms with Crippen molar-refractivity contribution in [2.45, 2.75) is 50.4 Å². The number of H-pyrrole nitrogens is 1. The second-order valence-corrected chi connectivity index (χ2v) is 7.37. The lowest BCUT2D eigenvalue weighted by Gasteiger charge is -2.53. The van der Waals surface area contributed by atoms with Crippen LogP contribution >= 0.6 is 0 Å². The maximum absolute atomic E-state index is 12.4. The van der Waals surface area contributed by atoms with E-state index in [9.17, 15) is 4.79 Å². The summed E-state index contributed by atoms with van der Waals surface area (Å²) in [7, 11) is 0. The molecule has 140 valence electrons. The summed E-state index contributed by atoms with van der Waals surface area (Å²) in [5.41, 5.74) is 1.11. The number of anilines is 1.